The molecule has 0 radical (unpaired) electrons. The smallest absolute Gasteiger partial charge is 0.335 e. The van der Waals surface area contributed by atoms with Gasteiger partial charge in [0.15, 0.2) is 11.5 Å². The molecule has 2 N–H and O–H groups in total. The van der Waals surface area contributed by atoms with Gasteiger partial charge in [-0.25, -0.2) is 14.8 Å². The van der Waals surface area contributed by atoms with Crippen molar-refractivity contribution in [3.63, 3.8) is 0 Å². The van der Waals surface area contributed by atoms with Crippen LogP contribution < -0.4 is 16.2 Å². The van der Waals surface area contributed by atoms with Gasteiger partial charge >= 0.3 is 5.69 Å². The van der Waals surface area contributed by atoms with E-state index in [4.69, 9.17) is 15.2 Å². The molecule has 0 saturated carbocycles. The third-order valence-electron chi connectivity index (χ3n) is 8.83. The zero-order chi connectivity index (χ0) is 32.4. The highest BCUT2D eigenvalue weighted by Crippen LogP contribution is 2.29. The van der Waals surface area contributed by atoms with Gasteiger partial charge in [0.05, 0.1) is 31.0 Å². The van der Waals surface area contributed by atoms with E-state index in [0.717, 1.165) is 13.0 Å². The number of imidazole rings is 1. The number of anilines is 1. The summed E-state index contributed by atoms with van der Waals surface area (Å²) in [5.74, 6) is 1.15. The number of fused-ring (bicyclic) bond motifs is 1. The SMILES string of the molecule is CCN(C1COC1)C(C)(C)/C=C(/C#N)C(=O)N1CCC[C@H]1Cn1c(=O)n(-c2ccc(Oc3ccccc3)cc2)c2c(N)ncnc21. The second-order valence-corrected chi connectivity index (χ2v) is 12.2. The lowest BCUT2D eigenvalue weighted by atomic mass is 9.95. The van der Waals surface area contributed by atoms with Gasteiger partial charge in [-0.15, -0.1) is 0 Å². The highest BCUT2D eigenvalue weighted by atomic mass is 16.5. The number of carbonyl (C=O) groups is 1. The Morgan fingerprint density at radius 2 is 1.87 bits per heavy atom. The molecule has 0 aliphatic carbocycles. The molecular weight excluding hydrogens is 584 g/mol. The zero-order valence-corrected chi connectivity index (χ0v) is 26.3. The number of benzene rings is 2. The number of likely N-dealkylation sites (tertiary alicyclic amines) is 1. The van der Waals surface area contributed by atoms with Gasteiger partial charge in [0.1, 0.15) is 35.0 Å². The number of aromatic nitrogens is 4. The Kier molecular flexibility index (Phi) is 8.62. The monoisotopic (exact) mass is 622 g/mol. The maximum atomic E-state index is 14.1. The normalized spacial score (nSPS) is 17.3. The summed E-state index contributed by atoms with van der Waals surface area (Å²) < 4.78 is 14.4. The molecule has 4 aromatic rings. The Balaban J connectivity index is 1.29. The standard InChI is InChI=1S/C34H38N8O4/c1-4-41(26-20-45-21-26)34(2,3)17-23(18-35)32(43)39-16-8-9-25(39)19-40-31-29(30(36)37-22-38-31)42(33(40)44)24-12-14-28(15-13-24)46-27-10-6-5-7-11-27/h5-7,10-15,17,22,25-26H,4,8-9,16,19-21H2,1-3H3,(H2,36,37,38)/b23-17-/t25-/m0/s1. The average Bonchev–Trinajstić information content (AvgIpc) is 3.61. The highest BCUT2D eigenvalue weighted by Gasteiger charge is 2.37. The van der Waals surface area contributed by atoms with Crippen LogP contribution in [0.3, 0.4) is 0 Å². The molecule has 46 heavy (non-hydrogen) atoms. The number of likely N-dealkylation sites (N-methyl/N-ethyl adjacent to an activating group) is 1. The van der Waals surface area contributed by atoms with Crippen LogP contribution in [0.1, 0.15) is 33.6 Å². The molecule has 12 heteroatoms. The third-order valence-corrected chi connectivity index (χ3v) is 8.83. The summed E-state index contributed by atoms with van der Waals surface area (Å²) in [6.45, 7) is 8.81. The van der Waals surface area contributed by atoms with Crippen LogP contribution in [0.15, 0.2) is 77.4 Å². The zero-order valence-electron chi connectivity index (χ0n) is 26.3. The molecule has 0 spiro atoms. The van der Waals surface area contributed by atoms with Crippen molar-refractivity contribution in [1.82, 2.24) is 28.9 Å². The fourth-order valence-electron chi connectivity index (χ4n) is 6.57. The summed E-state index contributed by atoms with van der Waals surface area (Å²) in [6, 6.07) is 18.6. The number of carbonyl (C=O) groups excluding carboxylic acids is 1. The summed E-state index contributed by atoms with van der Waals surface area (Å²) >= 11 is 0. The highest BCUT2D eigenvalue weighted by molar-refractivity contribution is 5.97. The van der Waals surface area contributed by atoms with Crippen molar-refractivity contribution in [2.24, 2.45) is 0 Å². The number of amides is 1. The Bertz CT molecular complexity index is 1850. The summed E-state index contributed by atoms with van der Waals surface area (Å²) in [5.41, 5.74) is 6.86. The molecule has 4 heterocycles. The first-order valence-corrected chi connectivity index (χ1v) is 15.5. The van der Waals surface area contributed by atoms with Crippen LogP contribution in [-0.4, -0.2) is 78.7 Å². The molecular formula is C34H38N8O4. The van der Waals surface area contributed by atoms with Crippen molar-refractivity contribution in [3.8, 4) is 23.3 Å². The van der Waals surface area contributed by atoms with Gasteiger partial charge in [0, 0.05) is 18.6 Å². The van der Waals surface area contributed by atoms with Crippen LogP contribution in [0.25, 0.3) is 16.9 Å². The number of hydrogen-bond acceptors (Lipinski definition) is 9. The van der Waals surface area contributed by atoms with Gasteiger partial charge in [-0.1, -0.05) is 25.1 Å². The summed E-state index contributed by atoms with van der Waals surface area (Å²) in [6.07, 6.45) is 4.53. The number of rotatable bonds is 10. The van der Waals surface area contributed by atoms with Gasteiger partial charge in [-0.2, -0.15) is 5.26 Å². The number of hydrogen-bond donors (Lipinski definition) is 1. The first-order valence-electron chi connectivity index (χ1n) is 15.5. The van der Waals surface area contributed by atoms with Gasteiger partial charge < -0.3 is 20.1 Å². The Morgan fingerprint density at radius 1 is 1.15 bits per heavy atom. The Labute approximate surface area is 267 Å². The molecule has 2 aromatic heterocycles. The molecule has 1 amide bonds. The number of nitrogens with two attached hydrogens (primary N) is 1. The summed E-state index contributed by atoms with van der Waals surface area (Å²) in [7, 11) is 0. The Hall–Kier alpha value is -4.99. The van der Waals surface area contributed by atoms with Crippen LogP contribution in [0.4, 0.5) is 5.82 Å². The van der Waals surface area contributed by atoms with E-state index in [1.54, 1.807) is 39.8 Å². The average molecular weight is 623 g/mol. The van der Waals surface area contributed by atoms with Crippen LogP contribution >= 0.6 is 0 Å². The van der Waals surface area contributed by atoms with Gasteiger partial charge in [0.25, 0.3) is 5.91 Å². The third kappa shape index (κ3) is 5.87. The van der Waals surface area contributed by atoms with Gasteiger partial charge in [-0.3, -0.25) is 18.8 Å². The Morgan fingerprint density at radius 3 is 2.52 bits per heavy atom. The second-order valence-electron chi connectivity index (χ2n) is 12.2. The van der Waals surface area contributed by atoms with Gasteiger partial charge in [-0.05, 0) is 75.7 Å². The number of nitrogens with zero attached hydrogens (tertiary/aromatic N) is 7. The van der Waals surface area contributed by atoms with E-state index in [1.807, 2.05) is 44.2 Å². The molecule has 2 saturated heterocycles. The molecule has 2 aromatic carbocycles. The minimum absolute atomic E-state index is 0.0924. The number of ether oxygens (including phenoxy) is 2. The van der Waals surface area contributed by atoms with Crippen molar-refractivity contribution >= 4 is 22.9 Å². The predicted octanol–water partition coefficient (Wildman–Crippen LogP) is 3.90. The maximum Gasteiger partial charge on any atom is 0.335 e. The molecule has 2 fully saturated rings. The molecule has 0 unspecified atom stereocenters. The van der Waals surface area contributed by atoms with Crippen molar-refractivity contribution < 1.29 is 14.3 Å². The first kappa shape index (κ1) is 31.0. The second kappa shape index (κ2) is 12.8. The fourth-order valence-corrected chi connectivity index (χ4v) is 6.57. The van der Waals surface area contributed by atoms with Crippen LogP contribution in [0.2, 0.25) is 0 Å². The minimum Gasteiger partial charge on any atom is -0.457 e. The van der Waals surface area contributed by atoms with Gasteiger partial charge in [0.2, 0.25) is 0 Å². The predicted molar refractivity (Wildman–Crippen MR) is 174 cm³/mol. The molecule has 238 valence electrons. The van der Waals surface area contributed by atoms with Crippen molar-refractivity contribution in [2.45, 2.75) is 57.8 Å². The molecule has 2 aliphatic rings. The lowest BCUT2D eigenvalue weighted by molar-refractivity contribution is -0.127. The largest absolute Gasteiger partial charge is 0.457 e. The number of para-hydroxylation sites is 1. The lowest BCUT2D eigenvalue weighted by Crippen LogP contribution is -2.57. The summed E-state index contributed by atoms with van der Waals surface area (Å²) in [5, 5.41) is 10.1. The topological polar surface area (TPSA) is 145 Å². The summed E-state index contributed by atoms with van der Waals surface area (Å²) in [4.78, 5) is 40.5. The first-order chi connectivity index (χ1) is 22.2. The van der Waals surface area contributed by atoms with E-state index >= 15 is 0 Å². The van der Waals surface area contributed by atoms with E-state index in [9.17, 15) is 14.9 Å². The van der Waals surface area contributed by atoms with Crippen LogP contribution in [0.5, 0.6) is 11.5 Å². The number of nitriles is 1. The van der Waals surface area contributed by atoms with E-state index in [0.29, 0.717) is 54.5 Å². The van der Waals surface area contributed by atoms with E-state index in [1.165, 1.54) is 10.9 Å². The maximum absolute atomic E-state index is 14.1. The van der Waals surface area contributed by atoms with Crippen molar-refractivity contribution in [3.05, 3.63) is 83.1 Å². The fraction of sp³-hybridized carbons (Fsp3) is 0.382. The van der Waals surface area contributed by atoms with E-state index < -0.39 is 5.54 Å². The van der Waals surface area contributed by atoms with Crippen LogP contribution in [0, 0.1) is 11.3 Å². The lowest BCUT2D eigenvalue weighted by Gasteiger charge is -2.45. The molecule has 1 atom stereocenters. The van der Waals surface area contributed by atoms with Crippen molar-refractivity contribution in [1.29, 1.82) is 5.26 Å². The van der Waals surface area contributed by atoms with E-state index in [-0.39, 0.29) is 41.6 Å². The minimum atomic E-state index is -0.528. The van der Waals surface area contributed by atoms with Crippen LogP contribution in [-0.2, 0) is 16.1 Å². The van der Waals surface area contributed by atoms with E-state index in [2.05, 4.69) is 27.9 Å². The molecule has 12 nitrogen and oxygen atoms in total. The molecule has 0 bridgehead atoms. The molecule has 6 rings (SSSR count). The molecule has 2 aliphatic heterocycles. The number of nitrogen functional groups attached to an aromatic ring is 1. The quantitative estimate of drug-likeness (QED) is 0.206. The van der Waals surface area contributed by atoms with Crippen molar-refractivity contribution in [2.75, 3.05) is 32.0 Å².